The molecule has 2 saturated carbocycles. The van der Waals surface area contributed by atoms with Gasteiger partial charge in [-0.2, -0.15) is 0 Å². The second-order valence-electron chi connectivity index (χ2n) is 20.7. The van der Waals surface area contributed by atoms with Gasteiger partial charge in [-0.1, -0.05) is 234 Å². The molecular formula is C56H98O6. The van der Waals surface area contributed by atoms with Crippen LogP contribution in [0.25, 0.3) is 0 Å². The van der Waals surface area contributed by atoms with Crippen molar-refractivity contribution < 1.29 is 29.7 Å². The maximum Gasteiger partial charge on any atom is 0.332 e. The fourth-order valence-electron chi connectivity index (χ4n) is 11.1. The average Bonchev–Trinajstić information content (AvgIpc) is 3.58. The number of unbranched alkanes of at least 4 members (excludes halogenated alkanes) is 31. The minimum Gasteiger partial charge on any atom is -0.478 e. The zero-order chi connectivity index (χ0) is 45.5. The van der Waals surface area contributed by atoms with E-state index in [0.29, 0.717) is 25.2 Å². The molecule has 0 spiro atoms. The topological polar surface area (TPSA) is 112 Å². The molecule has 2 bridgehead atoms. The Kier molecular flexibility index (Phi) is 29.8. The Morgan fingerprint density at radius 2 is 0.823 bits per heavy atom. The van der Waals surface area contributed by atoms with Crippen LogP contribution in [0.4, 0.5) is 0 Å². The summed E-state index contributed by atoms with van der Waals surface area (Å²) in [7, 11) is 0. The van der Waals surface area contributed by atoms with Crippen LogP contribution in [-0.2, 0) is 14.4 Å². The predicted molar refractivity (Wildman–Crippen MR) is 262 cm³/mol. The van der Waals surface area contributed by atoms with Crippen LogP contribution in [0.1, 0.15) is 279 Å². The van der Waals surface area contributed by atoms with Crippen molar-refractivity contribution in [3.05, 3.63) is 34.4 Å². The van der Waals surface area contributed by atoms with Gasteiger partial charge in [0.15, 0.2) is 0 Å². The summed E-state index contributed by atoms with van der Waals surface area (Å²) in [6, 6.07) is 0. The molecule has 3 unspecified atom stereocenters. The van der Waals surface area contributed by atoms with Crippen molar-refractivity contribution >= 4 is 17.9 Å². The van der Waals surface area contributed by atoms with Crippen LogP contribution in [0.5, 0.6) is 0 Å². The normalized spacial score (nSPS) is 20.2. The van der Waals surface area contributed by atoms with E-state index in [1.807, 2.05) is 0 Å². The second kappa shape index (κ2) is 33.2. The number of hydrogen-bond donors (Lipinski definition) is 3. The van der Waals surface area contributed by atoms with Crippen molar-refractivity contribution in [1.82, 2.24) is 0 Å². The molecule has 0 heterocycles. The van der Waals surface area contributed by atoms with E-state index < -0.39 is 17.9 Å². The number of rotatable bonds is 41. The first-order valence-electron chi connectivity index (χ1n) is 26.8. The summed E-state index contributed by atoms with van der Waals surface area (Å²) in [5.74, 6) is -2.95. The van der Waals surface area contributed by atoms with E-state index >= 15 is 0 Å². The van der Waals surface area contributed by atoms with Gasteiger partial charge in [-0.05, 0) is 85.3 Å². The van der Waals surface area contributed by atoms with Crippen molar-refractivity contribution in [3.8, 4) is 0 Å². The zero-order valence-corrected chi connectivity index (χ0v) is 41.2. The number of carbonyl (C=O) groups is 3. The number of carboxylic acid groups (broad SMARTS) is 3. The van der Waals surface area contributed by atoms with E-state index in [2.05, 4.69) is 34.6 Å². The SMILES string of the molecule is CCCCCCCCCCCCCCCCCCCC(=CC(C=C(C(=O)O)C1CC2CCC1(C)C2(C)C)=C(CCCCCCCCCCCCCCCCCC)C(=O)O)C(=O)O. The van der Waals surface area contributed by atoms with Crippen molar-refractivity contribution in [1.29, 1.82) is 0 Å². The molecule has 2 aliphatic carbocycles. The van der Waals surface area contributed by atoms with Gasteiger partial charge in [0.1, 0.15) is 0 Å². The summed E-state index contributed by atoms with van der Waals surface area (Å²) in [6.07, 6.45) is 47.6. The highest BCUT2D eigenvalue weighted by molar-refractivity contribution is 5.93. The van der Waals surface area contributed by atoms with Gasteiger partial charge in [0.25, 0.3) is 0 Å². The van der Waals surface area contributed by atoms with Crippen LogP contribution in [0.2, 0.25) is 0 Å². The largest absolute Gasteiger partial charge is 0.478 e. The lowest BCUT2D eigenvalue weighted by molar-refractivity contribution is -0.134. The highest BCUT2D eigenvalue weighted by Gasteiger charge is 2.62. The molecule has 0 amide bonds. The molecule has 6 nitrogen and oxygen atoms in total. The van der Waals surface area contributed by atoms with Crippen molar-refractivity contribution in [2.45, 2.75) is 279 Å². The summed E-state index contributed by atoms with van der Waals surface area (Å²) < 4.78 is 0. The third-order valence-electron chi connectivity index (χ3n) is 15.8. The molecule has 2 rings (SSSR count). The Balaban J connectivity index is 1.97. The van der Waals surface area contributed by atoms with Crippen LogP contribution in [0.15, 0.2) is 34.4 Å². The van der Waals surface area contributed by atoms with Gasteiger partial charge >= 0.3 is 17.9 Å². The van der Waals surface area contributed by atoms with E-state index in [9.17, 15) is 29.7 Å². The zero-order valence-electron chi connectivity index (χ0n) is 41.2. The number of carboxylic acids is 3. The number of allylic oxidation sites excluding steroid dienone is 3. The van der Waals surface area contributed by atoms with Crippen molar-refractivity contribution in [3.63, 3.8) is 0 Å². The standard InChI is InChI=1S/C56H98O6/c1-6-8-10-12-14-16-18-20-22-24-25-27-29-31-33-35-37-39-46(52(57)58)43-47(44-50(54(61)62)51-45-48-41-42-56(51,5)55(48,3)4)49(53(59)60)40-38-36-34-32-30-28-26-23-21-19-17-15-13-11-9-7-2/h43-44,48,51H,6-42,45H2,1-5H3,(H,57,58)(H,59,60)(H,61,62). The van der Waals surface area contributed by atoms with Gasteiger partial charge in [0, 0.05) is 16.7 Å². The van der Waals surface area contributed by atoms with E-state index in [-0.39, 0.29) is 39.0 Å². The molecule has 2 fully saturated rings. The van der Waals surface area contributed by atoms with Crippen LogP contribution in [-0.4, -0.2) is 33.2 Å². The lowest BCUT2D eigenvalue weighted by Crippen LogP contribution is -2.34. The number of fused-ring (bicyclic) bond motifs is 2. The van der Waals surface area contributed by atoms with Crippen LogP contribution < -0.4 is 0 Å². The Morgan fingerprint density at radius 1 is 0.468 bits per heavy atom. The van der Waals surface area contributed by atoms with Gasteiger partial charge in [0.05, 0.1) is 0 Å². The molecule has 0 aromatic heterocycles. The maximum atomic E-state index is 13.1. The third-order valence-corrected chi connectivity index (χ3v) is 15.8. The summed E-state index contributed by atoms with van der Waals surface area (Å²) >= 11 is 0. The fourth-order valence-corrected chi connectivity index (χ4v) is 11.1. The minimum atomic E-state index is -1.08. The average molecular weight is 867 g/mol. The molecule has 0 aliphatic heterocycles. The third kappa shape index (κ3) is 21.1. The molecule has 6 heteroatoms. The van der Waals surface area contributed by atoms with Gasteiger partial charge < -0.3 is 15.3 Å². The molecule has 3 N–H and O–H groups in total. The van der Waals surface area contributed by atoms with E-state index in [1.54, 1.807) is 6.08 Å². The molecule has 0 saturated heterocycles. The highest BCUT2D eigenvalue weighted by atomic mass is 16.4. The quantitative estimate of drug-likeness (QED) is 0.0321. The lowest BCUT2D eigenvalue weighted by atomic mass is 9.64. The van der Waals surface area contributed by atoms with E-state index in [1.165, 1.54) is 167 Å². The molecule has 3 atom stereocenters. The molecule has 62 heavy (non-hydrogen) atoms. The molecule has 2 aliphatic rings. The smallest absolute Gasteiger partial charge is 0.332 e. The Morgan fingerprint density at radius 3 is 1.11 bits per heavy atom. The first-order valence-corrected chi connectivity index (χ1v) is 26.8. The van der Waals surface area contributed by atoms with E-state index in [0.717, 1.165) is 64.2 Å². The molecular weight excluding hydrogens is 769 g/mol. The first kappa shape index (κ1) is 55.8. The molecule has 358 valence electrons. The van der Waals surface area contributed by atoms with Crippen LogP contribution in [0.3, 0.4) is 0 Å². The van der Waals surface area contributed by atoms with Crippen LogP contribution in [0, 0.1) is 22.7 Å². The second-order valence-corrected chi connectivity index (χ2v) is 20.7. The predicted octanol–water partition coefficient (Wildman–Crippen LogP) is 17.5. The summed E-state index contributed by atoms with van der Waals surface area (Å²) in [5.41, 5.74) is 0.590. The molecule has 0 aromatic rings. The Hall–Kier alpha value is -2.37. The van der Waals surface area contributed by atoms with Crippen molar-refractivity contribution in [2.24, 2.45) is 22.7 Å². The maximum absolute atomic E-state index is 13.1. The summed E-state index contributed by atoms with van der Waals surface area (Å²) in [6.45, 7) is 11.2. The van der Waals surface area contributed by atoms with Gasteiger partial charge in [-0.25, -0.2) is 14.4 Å². The van der Waals surface area contributed by atoms with E-state index in [4.69, 9.17) is 0 Å². The summed E-state index contributed by atoms with van der Waals surface area (Å²) in [5, 5.41) is 31.6. The lowest BCUT2D eigenvalue weighted by Gasteiger charge is -2.39. The van der Waals surface area contributed by atoms with Gasteiger partial charge in [-0.3, -0.25) is 0 Å². The van der Waals surface area contributed by atoms with Gasteiger partial charge in [-0.15, -0.1) is 0 Å². The Bertz CT molecular complexity index is 1340. The number of aliphatic carboxylic acids is 3. The molecule has 0 radical (unpaired) electrons. The monoisotopic (exact) mass is 867 g/mol. The fraction of sp³-hybridized carbons (Fsp3) is 0.839. The molecule has 0 aromatic carbocycles. The van der Waals surface area contributed by atoms with Crippen LogP contribution >= 0.6 is 0 Å². The summed E-state index contributed by atoms with van der Waals surface area (Å²) in [4.78, 5) is 38.7. The Labute approximate surface area is 382 Å². The highest BCUT2D eigenvalue weighted by Crippen LogP contribution is 2.69. The minimum absolute atomic E-state index is 0.0196. The number of hydrogen-bond acceptors (Lipinski definition) is 3. The first-order chi connectivity index (χ1) is 29.9. The van der Waals surface area contributed by atoms with Gasteiger partial charge in [0.2, 0.25) is 0 Å². The van der Waals surface area contributed by atoms with Crippen molar-refractivity contribution in [2.75, 3.05) is 0 Å².